The Balaban J connectivity index is 2.23. The summed E-state index contributed by atoms with van der Waals surface area (Å²) >= 11 is 0. The van der Waals surface area contributed by atoms with Gasteiger partial charge in [0.1, 0.15) is 6.34 Å². The van der Waals surface area contributed by atoms with Crippen LogP contribution in [-0.4, -0.2) is 19.1 Å². The standard InChI is InChI=1S/C12H18N2/c1-2-12(8-13-10-14-9-12)11-6-4-3-5-7-11/h6,8,10H,2-5,7,9H2,1H3. The molecule has 0 aromatic heterocycles. The van der Waals surface area contributed by atoms with E-state index in [-0.39, 0.29) is 5.41 Å². The third-order valence-corrected chi connectivity index (χ3v) is 3.40. The van der Waals surface area contributed by atoms with Crippen LogP contribution in [0.4, 0.5) is 0 Å². The molecule has 76 valence electrons. The monoisotopic (exact) mass is 190 g/mol. The largest absolute Gasteiger partial charge is 0.272 e. The van der Waals surface area contributed by atoms with Crippen molar-refractivity contribution in [1.82, 2.24) is 0 Å². The molecule has 2 heteroatoms. The summed E-state index contributed by atoms with van der Waals surface area (Å²) in [5, 5.41) is 0. The van der Waals surface area contributed by atoms with Gasteiger partial charge in [-0.1, -0.05) is 18.6 Å². The van der Waals surface area contributed by atoms with E-state index < -0.39 is 0 Å². The van der Waals surface area contributed by atoms with Crippen molar-refractivity contribution in [2.45, 2.75) is 39.0 Å². The summed E-state index contributed by atoms with van der Waals surface area (Å²) in [7, 11) is 0. The summed E-state index contributed by atoms with van der Waals surface area (Å²) in [4.78, 5) is 8.53. The van der Waals surface area contributed by atoms with Crippen molar-refractivity contribution < 1.29 is 0 Å². The fraction of sp³-hybridized carbons (Fsp3) is 0.667. The predicted molar refractivity (Wildman–Crippen MR) is 61.1 cm³/mol. The number of hydrogen-bond acceptors (Lipinski definition) is 2. The molecule has 0 aromatic carbocycles. The zero-order valence-corrected chi connectivity index (χ0v) is 8.87. The molecule has 0 radical (unpaired) electrons. The van der Waals surface area contributed by atoms with Crippen LogP contribution in [0.1, 0.15) is 39.0 Å². The summed E-state index contributed by atoms with van der Waals surface area (Å²) in [6.45, 7) is 3.14. The molecule has 1 unspecified atom stereocenters. The van der Waals surface area contributed by atoms with Crippen molar-refractivity contribution >= 4 is 12.6 Å². The van der Waals surface area contributed by atoms with E-state index in [0.717, 1.165) is 13.0 Å². The molecular weight excluding hydrogens is 172 g/mol. The Morgan fingerprint density at radius 3 is 2.93 bits per heavy atom. The first-order valence-corrected chi connectivity index (χ1v) is 5.59. The molecule has 1 aliphatic heterocycles. The zero-order valence-electron chi connectivity index (χ0n) is 8.87. The molecule has 0 saturated carbocycles. The van der Waals surface area contributed by atoms with Crippen molar-refractivity contribution in [3.63, 3.8) is 0 Å². The van der Waals surface area contributed by atoms with Gasteiger partial charge < -0.3 is 0 Å². The molecule has 14 heavy (non-hydrogen) atoms. The topological polar surface area (TPSA) is 24.7 Å². The summed E-state index contributed by atoms with van der Waals surface area (Å²) < 4.78 is 0. The summed E-state index contributed by atoms with van der Waals surface area (Å²) in [6.07, 6.45) is 12.5. The van der Waals surface area contributed by atoms with Crippen molar-refractivity contribution in [2.24, 2.45) is 15.4 Å². The Kier molecular flexibility index (Phi) is 2.80. The molecule has 2 nitrogen and oxygen atoms in total. The number of rotatable bonds is 2. The van der Waals surface area contributed by atoms with Gasteiger partial charge in [0.05, 0.1) is 6.54 Å². The van der Waals surface area contributed by atoms with E-state index in [2.05, 4.69) is 29.2 Å². The van der Waals surface area contributed by atoms with Gasteiger partial charge >= 0.3 is 0 Å². The maximum atomic E-state index is 4.31. The summed E-state index contributed by atoms with van der Waals surface area (Å²) in [5.74, 6) is 0. The van der Waals surface area contributed by atoms with Crippen LogP contribution in [0.25, 0.3) is 0 Å². The Labute approximate surface area is 85.8 Å². The van der Waals surface area contributed by atoms with Crippen LogP contribution in [0.2, 0.25) is 0 Å². The third kappa shape index (κ3) is 1.66. The highest BCUT2D eigenvalue weighted by molar-refractivity contribution is 5.81. The first-order chi connectivity index (χ1) is 6.87. The highest BCUT2D eigenvalue weighted by Crippen LogP contribution is 2.37. The molecule has 1 aliphatic carbocycles. The number of nitrogens with zero attached hydrogens (tertiary/aromatic N) is 2. The van der Waals surface area contributed by atoms with Gasteiger partial charge in [-0.2, -0.15) is 0 Å². The SMILES string of the molecule is CCC1(C2=CCCCC2)C=NC=NC1. The van der Waals surface area contributed by atoms with E-state index in [9.17, 15) is 0 Å². The van der Waals surface area contributed by atoms with Crippen LogP contribution >= 0.6 is 0 Å². The fourth-order valence-electron chi connectivity index (χ4n) is 2.37. The van der Waals surface area contributed by atoms with Crippen molar-refractivity contribution in [2.75, 3.05) is 6.54 Å². The van der Waals surface area contributed by atoms with E-state index in [1.54, 1.807) is 11.9 Å². The lowest BCUT2D eigenvalue weighted by molar-refractivity contribution is 0.463. The first kappa shape index (κ1) is 9.63. The van der Waals surface area contributed by atoms with Crippen molar-refractivity contribution in [3.8, 4) is 0 Å². The van der Waals surface area contributed by atoms with E-state index in [1.165, 1.54) is 25.7 Å². The lowest BCUT2D eigenvalue weighted by atomic mass is 9.74. The van der Waals surface area contributed by atoms with Crippen LogP contribution < -0.4 is 0 Å². The minimum Gasteiger partial charge on any atom is -0.272 e. The number of aliphatic imine (C=N–C) groups is 2. The van der Waals surface area contributed by atoms with Gasteiger partial charge in [-0.05, 0) is 32.1 Å². The minimum atomic E-state index is 0.162. The van der Waals surface area contributed by atoms with Gasteiger partial charge in [0.2, 0.25) is 0 Å². The second kappa shape index (κ2) is 4.07. The van der Waals surface area contributed by atoms with Gasteiger partial charge in [0.15, 0.2) is 0 Å². The molecule has 1 atom stereocenters. The zero-order chi connectivity index (χ0) is 9.86. The van der Waals surface area contributed by atoms with E-state index in [1.807, 2.05) is 0 Å². The Morgan fingerprint density at radius 2 is 2.36 bits per heavy atom. The van der Waals surface area contributed by atoms with Crippen LogP contribution in [0.3, 0.4) is 0 Å². The van der Waals surface area contributed by atoms with E-state index >= 15 is 0 Å². The quantitative estimate of drug-likeness (QED) is 0.598. The van der Waals surface area contributed by atoms with Gasteiger partial charge in [-0.3, -0.25) is 4.99 Å². The maximum Gasteiger partial charge on any atom is 0.109 e. The van der Waals surface area contributed by atoms with Crippen molar-refractivity contribution in [1.29, 1.82) is 0 Å². The van der Waals surface area contributed by atoms with Crippen LogP contribution in [0.5, 0.6) is 0 Å². The molecule has 0 saturated heterocycles. The Morgan fingerprint density at radius 1 is 1.43 bits per heavy atom. The average molecular weight is 190 g/mol. The van der Waals surface area contributed by atoms with Gasteiger partial charge in [-0.15, -0.1) is 0 Å². The molecular formula is C12H18N2. The highest BCUT2D eigenvalue weighted by Gasteiger charge is 2.31. The Bertz CT molecular complexity index is 289. The van der Waals surface area contributed by atoms with Gasteiger partial charge in [-0.25, -0.2) is 4.99 Å². The second-order valence-corrected chi connectivity index (χ2v) is 4.22. The average Bonchev–Trinajstić information content (AvgIpc) is 2.31. The number of hydrogen-bond donors (Lipinski definition) is 0. The van der Waals surface area contributed by atoms with Crippen LogP contribution in [0.15, 0.2) is 21.6 Å². The predicted octanol–water partition coefficient (Wildman–Crippen LogP) is 3.00. The van der Waals surface area contributed by atoms with Crippen LogP contribution in [-0.2, 0) is 0 Å². The Hall–Kier alpha value is -0.920. The second-order valence-electron chi connectivity index (χ2n) is 4.22. The number of allylic oxidation sites excluding steroid dienone is 1. The van der Waals surface area contributed by atoms with Crippen LogP contribution in [0, 0.1) is 5.41 Å². The molecule has 0 aromatic rings. The third-order valence-electron chi connectivity index (χ3n) is 3.40. The van der Waals surface area contributed by atoms with E-state index in [4.69, 9.17) is 0 Å². The first-order valence-electron chi connectivity index (χ1n) is 5.59. The molecule has 2 aliphatic rings. The summed E-state index contributed by atoms with van der Waals surface area (Å²) in [6, 6.07) is 0. The molecule has 2 rings (SSSR count). The fourth-order valence-corrected chi connectivity index (χ4v) is 2.37. The van der Waals surface area contributed by atoms with Crippen molar-refractivity contribution in [3.05, 3.63) is 11.6 Å². The molecule has 0 N–H and O–H groups in total. The molecule has 0 bridgehead atoms. The smallest absolute Gasteiger partial charge is 0.109 e. The molecule has 0 fully saturated rings. The summed E-state index contributed by atoms with van der Waals surface area (Å²) in [5.41, 5.74) is 1.74. The van der Waals surface area contributed by atoms with E-state index in [0.29, 0.717) is 0 Å². The molecule has 1 heterocycles. The minimum absolute atomic E-state index is 0.162. The molecule has 0 amide bonds. The highest BCUT2D eigenvalue weighted by atomic mass is 14.9. The van der Waals surface area contributed by atoms with Gasteiger partial charge in [0, 0.05) is 11.6 Å². The molecule has 0 spiro atoms. The maximum absolute atomic E-state index is 4.31. The lowest BCUT2D eigenvalue weighted by Crippen LogP contribution is -2.31. The lowest BCUT2D eigenvalue weighted by Gasteiger charge is -2.33. The normalized spacial score (nSPS) is 31.6. The van der Waals surface area contributed by atoms with Gasteiger partial charge in [0.25, 0.3) is 0 Å².